The van der Waals surface area contributed by atoms with Crippen LogP contribution in [0, 0.1) is 5.92 Å². The monoisotopic (exact) mass is 336 g/mol. The summed E-state index contributed by atoms with van der Waals surface area (Å²) in [6, 6.07) is 15.6. The van der Waals surface area contributed by atoms with Crippen molar-refractivity contribution >= 4 is 0 Å². The Morgan fingerprint density at radius 3 is 2.12 bits per heavy atom. The van der Waals surface area contributed by atoms with Crippen molar-refractivity contribution in [3.63, 3.8) is 0 Å². The molecule has 1 saturated heterocycles. The van der Waals surface area contributed by atoms with Crippen molar-refractivity contribution in [1.82, 2.24) is 4.90 Å². The van der Waals surface area contributed by atoms with Crippen molar-refractivity contribution in [2.45, 2.75) is 12.4 Å². The van der Waals surface area contributed by atoms with Crippen LogP contribution < -0.4 is 9.84 Å². The first-order chi connectivity index (χ1) is 11.5. The smallest absolute Gasteiger partial charge is 0.573 e. The first-order valence-corrected chi connectivity index (χ1v) is 7.69. The number of likely N-dealkylation sites (tertiary alicyclic amines) is 1. The predicted molar refractivity (Wildman–Crippen MR) is 81.3 cm³/mol. The van der Waals surface area contributed by atoms with E-state index < -0.39 is 6.36 Å². The van der Waals surface area contributed by atoms with Crippen molar-refractivity contribution < 1.29 is 23.0 Å². The maximum Gasteiger partial charge on any atom is 0.573 e. The van der Waals surface area contributed by atoms with Crippen molar-refractivity contribution in [3.8, 4) is 5.75 Å². The van der Waals surface area contributed by atoms with Crippen molar-refractivity contribution in [3.05, 3.63) is 65.7 Å². The zero-order chi connectivity index (χ0) is 17.2. The second-order valence-corrected chi connectivity index (χ2v) is 5.92. The minimum Gasteiger partial charge on any atom is -0.854 e. The van der Waals surface area contributed by atoms with E-state index in [0.29, 0.717) is 13.1 Å². The molecule has 1 unspecified atom stereocenters. The number of halogens is 3. The predicted octanol–water partition coefficient (Wildman–Crippen LogP) is 2.97. The summed E-state index contributed by atoms with van der Waals surface area (Å²) in [5.74, 6) is -0.0943. The maximum absolute atomic E-state index is 12.3. The van der Waals surface area contributed by atoms with Gasteiger partial charge in [0, 0.05) is 13.1 Å². The number of rotatable bonds is 5. The van der Waals surface area contributed by atoms with E-state index in [4.69, 9.17) is 0 Å². The molecule has 3 nitrogen and oxygen atoms in total. The van der Waals surface area contributed by atoms with Crippen LogP contribution in [0.2, 0.25) is 0 Å². The third-order valence-corrected chi connectivity index (χ3v) is 4.13. The van der Waals surface area contributed by atoms with Gasteiger partial charge in [0.1, 0.15) is 5.75 Å². The van der Waals surface area contributed by atoms with E-state index >= 15 is 0 Å². The lowest BCUT2D eigenvalue weighted by Gasteiger charge is -2.46. The van der Waals surface area contributed by atoms with Crippen molar-refractivity contribution in [1.29, 1.82) is 0 Å². The zero-order valence-electron chi connectivity index (χ0n) is 12.9. The van der Waals surface area contributed by atoms with Crippen LogP contribution in [0.15, 0.2) is 54.6 Å². The molecule has 6 heteroatoms. The molecule has 1 atom stereocenters. The molecule has 0 aliphatic carbocycles. The molecular formula is C18H17F3NO2-. The Kier molecular flexibility index (Phi) is 4.78. The van der Waals surface area contributed by atoms with Gasteiger partial charge in [0.05, 0.1) is 6.04 Å². The van der Waals surface area contributed by atoms with Crippen LogP contribution in [0.25, 0.3) is 0 Å². The second-order valence-electron chi connectivity index (χ2n) is 5.92. The molecule has 0 spiro atoms. The van der Waals surface area contributed by atoms with Crippen LogP contribution >= 0.6 is 0 Å². The average molecular weight is 336 g/mol. The minimum atomic E-state index is -4.70. The van der Waals surface area contributed by atoms with E-state index in [1.54, 1.807) is 12.1 Å². The first-order valence-electron chi connectivity index (χ1n) is 7.69. The van der Waals surface area contributed by atoms with Crippen LogP contribution in [0.5, 0.6) is 5.75 Å². The summed E-state index contributed by atoms with van der Waals surface area (Å²) >= 11 is 0. The highest BCUT2D eigenvalue weighted by Gasteiger charge is 2.33. The topological polar surface area (TPSA) is 35.5 Å². The van der Waals surface area contributed by atoms with Gasteiger partial charge in [-0.15, -0.1) is 19.8 Å². The fourth-order valence-electron chi connectivity index (χ4n) is 3.03. The van der Waals surface area contributed by atoms with E-state index in [0.717, 1.165) is 11.1 Å². The summed E-state index contributed by atoms with van der Waals surface area (Å²) in [5, 5.41) is 11.0. The number of alkyl halides is 3. The van der Waals surface area contributed by atoms with Gasteiger partial charge in [0.25, 0.3) is 0 Å². The minimum absolute atomic E-state index is 0.0751. The third-order valence-electron chi connectivity index (χ3n) is 4.13. The fraction of sp³-hybridized carbons (Fsp3) is 0.333. The van der Waals surface area contributed by atoms with Gasteiger partial charge in [0.15, 0.2) is 0 Å². The molecular weight excluding hydrogens is 319 g/mol. The molecule has 0 N–H and O–H groups in total. The van der Waals surface area contributed by atoms with Gasteiger partial charge in [-0.2, -0.15) is 0 Å². The SMILES string of the molecule is [O-]CC1CN(C(c2ccccc2)c2ccc(OC(F)(F)F)cc2)C1. The Morgan fingerprint density at radius 1 is 1.00 bits per heavy atom. The Hall–Kier alpha value is -2.05. The Morgan fingerprint density at radius 2 is 1.58 bits per heavy atom. The van der Waals surface area contributed by atoms with Crippen LogP contribution in [-0.4, -0.2) is 31.0 Å². The van der Waals surface area contributed by atoms with Crippen LogP contribution in [0.3, 0.4) is 0 Å². The molecule has 2 aromatic carbocycles. The molecule has 2 aromatic rings. The van der Waals surface area contributed by atoms with E-state index in [2.05, 4.69) is 9.64 Å². The number of hydrogen-bond donors (Lipinski definition) is 0. The molecule has 1 aliphatic heterocycles. The van der Waals surface area contributed by atoms with E-state index in [-0.39, 0.29) is 24.3 Å². The number of hydrogen-bond acceptors (Lipinski definition) is 3. The van der Waals surface area contributed by atoms with Gasteiger partial charge in [-0.25, -0.2) is 0 Å². The normalized spacial score (nSPS) is 17.3. The molecule has 1 fully saturated rings. The van der Waals surface area contributed by atoms with Gasteiger partial charge in [-0.05, 0) is 29.2 Å². The lowest BCUT2D eigenvalue weighted by atomic mass is 9.90. The second kappa shape index (κ2) is 6.83. The Labute approximate surface area is 138 Å². The molecule has 1 heterocycles. The van der Waals surface area contributed by atoms with Crippen molar-refractivity contribution in [2.75, 3.05) is 19.7 Å². The zero-order valence-corrected chi connectivity index (χ0v) is 12.9. The maximum atomic E-state index is 12.3. The number of ether oxygens (including phenoxy) is 1. The fourth-order valence-corrected chi connectivity index (χ4v) is 3.03. The van der Waals surface area contributed by atoms with Gasteiger partial charge >= 0.3 is 6.36 Å². The van der Waals surface area contributed by atoms with Gasteiger partial charge in [0.2, 0.25) is 0 Å². The molecule has 0 aromatic heterocycles. The highest BCUT2D eigenvalue weighted by Crippen LogP contribution is 2.35. The quantitative estimate of drug-likeness (QED) is 0.842. The molecule has 0 bridgehead atoms. The Balaban J connectivity index is 1.83. The summed E-state index contributed by atoms with van der Waals surface area (Å²) in [6.07, 6.45) is -4.70. The highest BCUT2D eigenvalue weighted by molar-refractivity contribution is 5.36. The number of benzene rings is 2. The molecule has 3 rings (SSSR count). The third kappa shape index (κ3) is 3.88. The lowest BCUT2D eigenvalue weighted by molar-refractivity contribution is -0.385. The summed E-state index contributed by atoms with van der Waals surface area (Å²) < 4.78 is 40.8. The van der Waals surface area contributed by atoms with Gasteiger partial charge in [-0.1, -0.05) is 42.5 Å². The summed E-state index contributed by atoms with van der Waals surface area (Å²) in [6.45, 7) is 1.30. The van der Waals surface area contributed by atoms with Gasteiger partial charge < -0.3 is 9.84 Å². The summed E-state index contributed by atoms with van der Waals surface area (Å²) in [4.78, 5) is 2.16. The summed E-state index contributed by atoms with van der Waals surface area (Å²) in [5.41, 5.74) is 1.92. The highest BCUT2D eigenvalue weighted by atomic mass is 19.4. The lowest BCUT2D eigenvalue weighted by Crippen LogP contribution is -2.52. The first kappa shape index (κ1) is 16.8. The summed E-state index contributed by atoms with van der Waals surface area (Å²) in [7, 11) is 0. The average Bonchev–Trinajstić information content (AvgIpc) is 2.51. The Bertz CT molecular complexity index is 652. The van der Waals surface area contributed by atoms with Gasteiger partial charge in [-0.3, -0.25) is 4.90 Å². The molecule has 128 valence electrons. The van der Waals surface area contributed by atoms with E-state index in [1.165, 1.54) is 12.1 Å². The molecule has 1 aliphatic rings. The molecule has 0 saturated carbocycles. The molecule has 0 radical (unpaired) electrons. The van der Waals surface area contributed by atoms with Crippen LogP contribution in [-0.2, 0) is 0 Å². The van der Waals surface area contributed by atoms with Crippen molar-refractivity contribution in [2.24, 2.45) is 5.92 Å². The van der Waals surface area contributed by atoms with Crippen LogP contribution in [0.1, 0.15) is 17.2 Å². The molecule has 24 heavy (non-hydrogen) atoms. The van der Waals surface area contributed by atoms with Crippen LogP contribution in [0.4, 0.5) is 13.2 Å². The standard InChI is InChI=1S/C18H17F3NO2/c19-18(20,21)24-16-8-6-15(7-9-16)17(14-4-2-1-3-5-14)22-10-13(11-22)12-23/h1-9,13,17H,10-12H2/q-1. The van der Waals surface area contributed by atoms with E-state index in [1.807, 2.05) is 30.3 Å². The van der Waals surface area contributed by atoms with E-state index in [9.17, 15) is 18.3 Å². The largest absolute Gasteiger partial charge is 0.854 e. The number of nitrogens with zero attached hydrogens (tertiary/aromatic N) is 1. The molecule has 0 amide bonds.